The molecule has 170 valence electrons. The van der Waals surface area contributed by atoms with Gasteiger partial charge >= 0.3 is 6.18 Å². The maximum Gasteiger partial charge on any atom is 0.420 e. The lowest BCUT2D eigenvalue weighted by Gasteiger charge is -2.44. The number of ether oxygens (including phenoxy) is 1. The molecular formula is C24H21F3N4O2. The van der Waals surface area contributed by atoms with E-state index in [1.54, 1.807) is 48.8 Å². The van der Waals surface area contributed by atoms with Crippen LogP contribution in [0, 0.1) is 12.1 Å². The molecule has 9 heteroatoms. The summed E-state index contributed by atoms with van der Waals surface area (Å²) in [6.07, 6.45) is 0.0443. The van der Waals surface area contributed by atoms with Crippen molar-refractivity contribution in [1.29, 1.82) is 0 Å². The lowest BCUT2D eigenvalue weighted by atomic mass is 10.1. The van der Waals surface area contributed by atoms with Crippen LogP contribution in [0.1, 0.15) is 11.3 Å². The van der Waals surface area contributed by atoms with Crippen molar-refractivity contribution in [2.45, 2.75) is 13.1 Å². The van der Waals surface area contributed by atoms with Gasteiger partial charge in [-0.15, -0.1) is 0 Å². The molecule has 0 radical (unpaired) electrons. The summed E-state index contributed by atoms with van der Waals surface area (Å²) in [7, 11) is 0. The molecule has 1 saturated heterocycles. The van der Waals surface area contributed by atoms with Gasteiger partial charge in [-0.3, -0.25) is 9.38 Å². The second-order valence-electron chi connectivity index (χ2n) is 8.16. The van der Waals surface area contributed by atoms with Crippen molar-refractivity contribution < 1.29 is 17.9 Å². The van der Waals surface area contributed by atoms with Crippen LogP contribution >= 0.6 is 0 Å². The smallest absolute Gasteiger partial charge is 0.420 e. The van der Waals surface area contributed by atoms with Crippen LogP contribution in [-0.2, 0) is 10.9 Å². The quantitative estimate of drug-likeness (QED) is 0.314. The molecule has 1 aliphatic rings. The maximum absolute atomic E-state index is 13.9. The summed E-state index contributed by atoms with van der Waals surface area (Å²) in [5, 5.41) is 13.0. The minimum atomic E-state index is -4.57. The van der Waals surface area contributed by atoms with Crippen LogP contribution in [0.5, 0.6) is 0 Å². The Bertz CT molecular complexity index is 1290. The van der Waals surface area contributed by atoms with Crippen LogP contribution in [0.4, 0.5) is 18.9 Å². The molecule has 1 aromatic carbocycles. The number of pyridine rings is 2. The first-order chi connectivity index (χ1) is 15.7. The highest BCUT2D eigenvalue weighted by Gasteiger charge is 2.35. The molecule has 3 aromatic heterocycles. The average Bonchev–Trinajstić information content (AvgIpc) is 3.23. The first-order valence-corrected chi connectivity index (χ1v) is 10.5. The summed E-state index contributed by atoms with van der Waals surface area (Å²) in [6.45, 7) is 3.28. The largest absolute Gasteiger partial charge is 0.627 e. The Morgan fingerprint density at radius 3 is 2.27 bits per heavy atom. The predicted molar refractivity (Wildman–Crippen MR) is 119 cm³/mol. The molecule has 0 saturated carbocycles. The van der Waals surface area contributed by atoms with Crippen molar-refractivity contribution in [2.24, 2.45) is 0 Å². The number of benzene rings is 1. The Kier molecular flexibility index (Phi) is 5.19. The molecule has 0 N–H and O–H groups in total. The fraction of sp³-hybridized carbons (Fsp3) is 0.250. The number of hydroxylamine groups is 2. The molecule has 6 nitrogen and oxygen atoms in total. The van der Waals surface area contributed by atoms with Gasteiger partial charge in [0.2, 0.25) is 0 Å². The number of hydrogen-bond donors (Lipinski definition) is 0. The van der Waals surface area contributed by atoms with Gasteiger partial charge in [-0.1, -0.05) is 6.07 Å². The number of fused-ring (bicyclic) bond motifs is 1. The van der Waals surface area contributed by atoms with Crippen molar-refractivity contribution in [3.8, 4) is 22.4 Å². The molecule has 1 fully saturated rings. The normalized spacial score (nSPS) is 16.3. The van der Waals surface area contributed by atoms with Gasteiger partial charge in [0.25, 0.3) is 0 Å². The minimum absolute atomic E-state index is 0.175. The number of aryl methyl sites for hydroxylation is 1. The summed E-state index contributed by atoms with van der Waals surface area (Å²) >= 11 is 0. The molecule has 5 rings (SSSR count). The van der Waals surface area contributed by atoms with Crippen LogP contribution in [-0.4, -0.2) is 40.7 Å². The second kappa shape index (κ2) is 7.95. The lowest BCUT2D eigenvalue weighted by molar-refractivity contribution is -0.136. The van der Waals surface area contributed by atoms with E-state index < -0.39 is 16.4 Å². The molecule has 0 bridgehead atoms. The standard InChI is InChI=1S/C24H21F3N4O2/c1-16-2-3-18(13-28-16)19-12-21(24(25,26)27)23-29-14-22(30(23)15-19)17-4-6-20(7-5-17)31(32)8-10-33-11-9-31/h2-7,12-15H,8-11H2,1H3. The Labute approximate surface area is 188 Å². The Balaban J connectivity index is 1.62. The molecule has 0 amide bonds. The zero-order valence-electron chi connectivity index (χ0n) is 17.8. The van der Waals surface area contributed by atoms with E-state index in [-0.39, 0.29) is 5.65 Å². The van der Waals surface area contributed by atoms with Crippen molar-refractivity contribution in [3.05, 3.63) is 77.5 Å². The van der Waals surface area contributed by atoms with Gasteiger partial charge in [-0.05, 0) is 31.2 Å². The Hall–Kier alpha value is -3.27. The lowest BCUT2D eigenvalue weighted by Crippen LogP contribution is -2.51. The highest BCUT2D eigenvalue weighted by atomic mass is 19.4. The van der Waals surface area contributed by atoms with Crippen molar-refractivity contribution >= 4 is 11.3 Å². The molecule has 0 atom stereocenters. The van der Waals surface area contributed by atoms with Crippen molar-refractivity contribution in [1.82, 2.24) is 19.0 Å². The fourth-order valence-corrected chi connectivity index (χ4v) is 4.11. The van der Waals surface area contributed by atoms with Crippen molar-refractivity contribution in [3.63, 3.8) is 0 Å². The molecule has 4 aromatic rings. The number of rotatable bonds is 3. The second-order valence-corrected chi connectivity index (χ2v) is 8.16. The van der Waals surface area contributed by atoms with Gasteiger partial charge in [-0.2, -0.15) is 13.2 Å². The van der Waals surface area contributed by atoms with Gasteiger partial charge in [0.15, 0.2) is 0 Å². The van der Waals surface area contributed by atoms with E-state index in [0.29, 0.717) is 54.4 Å². The third-order valence-corrected chi connectivity index (χ3v) is 5.98. The first kappa shape index (κ1) is 21.6. The van der Waals surface area contributed by atoms with E-state index in [4.69, 9.17) is 4.74 Å². The molecule has 33 heavy (non-hydrogen) atoms. The van der Waals surface area contributed by atoms with Gasteiger partial charge < -0.3 is 14.6 Å². The number of alkyl halides is 3. The van der Waals surface area contributed by atoms with Crippen LogP contribution in [0.3, 0.4) is 0 Å². The van der Waals surface area contributed by atoms with Gasteiger partial charge in [0.1, 0.15) is 24.4 Å². The highest BCUT2D eigenvalue weighted by Crippen LogP contribution is 2.37. The fourth-order valence-electron chi connectivity index (χ4n) is 4.11. The number of imidazole rings is 1. The number of aromatic nitrogens is 3. The number of halogens is 3. The van der Waals surface area contributed by atoms with Crippen LogP contribution in [0.2, 0.25) is 0 Å². The molecule has 1 aliphatic heterocycles. The summed E-state index contributed by atoms with van der Waals surface area (Å²) < 4.78 is 47.9. The number of nitrogens with zero attached hydrogens (tertiary/aromatic N) is 4. The van der Waals surface area contributed by atoms with Crippen LogP contribution < -0.4 is 4.65 Å². The van der Waals surface area contributed by atoms with E-state index in [0.717, 1.165) is 11.8 Å². The molecule has 0 unspecified atom stereocenters. The van der Waals surface area contributed by atoms with Crippen molar-refractivity contribution in [2.75, 3.05) is 26.3 Å². The average molecular weight is 454 g/mol. The monoisotopic (exact) mass is 454 g/mol. The zero-order chi connectivity index (χ0) is 23.2. The summed E-state index contributed by atoms with van der Waals surface area (Å²) in [5.74, 6) is 0. The third-order valence-electron chi connectivity index (χ3n) is 5.98. The van der Waals surface area contributed by atoms with E-state index in [9.17, 15) is 18.4 Å². The summed E-state index contributed by atoms with van der Waals surface area (Å²) in [4.78, 5) is 8.29. The Morgan fingerprint density at radius 1 is 0.939 bits per heavy atom. The van der Waals surface area contributed by atoms with E-state index in [1.165, 1.54) is 10.6 Å². The first-order valence-electron chi connectivity index (χ1n) is 10.5. The van der Waals surface area contributed by atoms with Crippen LogP contribution in [0.25, 0.3) is 28.0 Å². The minimum Gasteiger partial charge on any atom is -0.627 e. The van der Waals surface area contributed by atoms with E-state index in [1.807, 2.05) is 6.92 Å². The summed E-state index contributed by atoms with van der Waals surface area (Å²) in [5.41, 5.74) is 2.51. The number of morpholine rings is 1. The molecule has 0 spiro atoms. The molecule has 0 aliphatic carbocycles. The Morgan fingerprint density at radius 2 is 1.64 bits per heavy atom. The maximum atomic E-state index is 13.9. The van der Waals surface area contributed by atoms with E-state index >= 15 is 0 Å². The van der Waals surface area contributed by atoms with Gasteiger partial charge in [-0.25, -0.2) is 4.98 Å². The van der Waals surface area contributed by atoms with Gasteiger partial charge in [0.05, 0.1) is 30.7 Å². The molecular weight excluding hydrogens is 433 g/mol. The topological polar surface area (TPSA) is 62.5 Å². The third kappa shape index (κ3) is 3.99. The molecule has 4 heterocycles. The van der Waals surface area contributed by atoms with Crippen LogP contribution in [0.15, 0.2) is 61.1 Å². The zero-order valence-corrected chi connectivity index (χ0v) is 17.8. The number of quaternary nitrogens is 1. The predicted octanol–water partition coefficient (Wildman–Crippen LogP) is 5.23. The van der Waals surface area contributed by atoms with E-state index in [2.05, 4.69) is 9.97 Å². The highest BCUT2D eigenvalue weighted by molar-refractivity contribution is 5.72. The van der Waals surface area contributed by atoms with Gasteiger partial charge in [0, 0.05) is 46.9 Å². The number of hydrogen-bond acceptors (Lipinski definition) is 4. The SMILES string of the molecule is Cc1ccc(-c2cc(C(F)(F)F)c3ncc(-c4ccc([N+]5([O-])CCOCC5)cc4)n3c2)cn1. The summed E-state index contributed by atoms with van der Waals surface area (Å²) in [6, 6.07) is 11.6.